The van der Waals surface area contributed by atoms with Crippen LogP contribution in [-0.2, 0) is 13.1 Å². The summed E-state index contributed by atoms with van der Waals surface area (Å²) < 4.78 is 19.1. The minimum Gasteiger partial charge on any atom is -0.488 e. The number of hydrogen-bond donors (Lipinski definition) is 1. The summed E-state index contributed by atoms with van der Waals surface area (Å²) in [6, 6.07) is 14.0. The number of benzene rings is 1. The first-order chi connectivity index (χ1) is 14.7. The number of aromatic nitrogens is 2. The smallest absolute Gasteiger partial charge is 0.125 e. The first kappa shape index (κ1) is 20.4. The molecule has 0 amide bonds. The van der Waals surface area contributed by atoms with Crippen LogP contribution in [0.4, 0.5) is 4.39 Å². The number of nitrogens with zero attached hydrogens (tertiary/aromatic N) is 3. The quantitative estimate of drug-likeness (QED) is 0.615. The molecule has 0 radical (unpaired) electrons. The summed E-state index contributed by atoms with van der Waals surface area (Å²) in [5.41, 5.74) is 2.37. The molecule has 1 fully saturated rings. The molecular formula is C24H26FN3O2. The van der Waals surface area contributed by atoms with Crippen molar-refractivity contribution in [3.05, 3.63) is 90.3 Å². The van der Waals surface area contributed by atoms with Crippen molar-refractivity contribution in [1.82, 2.24) is 14.9 Å². The molecule has 0 aliphatic heterocycles. The molecule has 0 saturated heterocycles. The summed E-state index contributed by atoms with van der Waals surface area (Å²) in [6.45, 7) is 2.31. The Morgan fingerprint density at radius 2 is 1.43 bits per heavy atom. The second-order valence-electron chi connectivity index (χ2n) is 7.82. The Balaban J connectivity index is 1.41. The highest BCUT2D eigenvalue weighted by Crippen LogP contribution is 2.31. The first-order valence-corrected chi connectivity index (χ1v) is 10.3. The molecule has 1 aliphatic rings. The number of ether oxygens (including phenoxy) is 1. The number of pyridine rings is 2. The van der Waals surface area contributed by atoms with Crippen LogP contribution in [0.25, 0.3) is 0 Å². The van der Waals surface area contributed by atoms with Gasteiger partial charge in [0.05, 0.1) is 6.10 Å². The molecule has 4 rings (SSSR count). The largest absolute Gasteiger partial charge is 0.488 e. The lowest BCUT2D eigenvalue weighted by atomic mass is 10.0. The Bertz CT molecular complexity index is 867. The van der Waals surface area contributed by atoms with E-state index in [-0.39, 0.29) is 17.8 Å². The van der Waals surface area contributed by atoms with Gasteiger partial charge in [-0.1, -0.05) is 0 Å². The lowest BCUT2D eigenvalue weighted by Crippen LogP contribution is -2.37. The predicted molar refractivity (Wildman–Crippen MR) is 112 cm³/mol. The summed E-state index contributed by atoms with van der Waals surface area (Å²) in [4.78, 5) is 10.5. The maximum Gasteiger partial charge on any atom is 0.125 e. The van der Waals surface area contributed by atoms with E-state index in [0.717, 1.165) is 32.5 Å². The Labute approximate surface area is 176 Å². The summed E-state index contributed by atoms with van der Waals surface area (Å²) in [6.07, 6.45) is 8.04. The average molecular weight is 407 g/mol. The maximum absolute atomic E-state index is 13.1. The third-order valence-electron chi connectivity index (χ3n) is 5.59. The van der Waals surface area contributed by atoms with Gasteiger partial charge in [0.2, 0.25) is 0 Å². The van der Waals surface area contributed by atoms with Crippen molar-refractivity contribution in [3.63, 3.8) is 0 Å². The lowest BCUT2D eigenvalue weighted by molar-refractivity contribution is 0.0230. The predicted octanol–water partition coefficient (Wildman–Crippen LogP) is 3.84. The van der Waals surface area contributed by atoms with Gasteiger partial charge in [-0.25, -0.2) is 4.39 Å². The van der Waals surface area contributed by atoms with Gasteiger partial charge in [0.25, 0.3) is 0 Å². The zero-order valence-corrected chi connectivity index (χ0v) is 16.8. The summed E-state index contributed by atoms with van der Waals surface area (Å²) in [5, 5.41) is 10.9. The summed E-state index contributed by atoms with van der Waals surface area (Å²) in [7, 11) is 0. The van der Waals surface area contributed by atoms with Crippen molar-refractivity contribution < 1.29 is 14.2 Å². The molecule has 0 unspecified atom stereocenters. The van der Waals surface area contributed by atoms with Crippen LogP contribution >= 0.6 is 0 Å². The van der Waals surface area contributed by atoms with E-state index in [2.05, 4.69) is 14.9 Å². The highest BCUT2D eigenvalue weighted by Gasteiger charge is 2.37. The van der Waals surface area contributed by atoms with Crippen molar-refractivity contribution in [2.75, 3.05) is 6.54 Å². The monoisotopic (exact) mass is 407 g/mol. The number of aliphatic hydroxyl groups excluding tert-OH is 1. The topological polar surface area (TPSA) is 58.5 Å². The van der Waals surface area contributed by atoms with Gasteiger partial charge >= 0.3 is 0 Å². The van der Waals surface area contributed by atoms with Gasteiger partial charge in [-0.3, -0.25) is 14.9 Å². The normalized spacial score (nSPS) is 21.1. The Kier molecular flexibility index (Phi) is 6.67. The fraction of sp³-hybridized carbons (Fsp3) is 0.333. The minimum atomic E-state index is -0.563. The number of rotatable bonds is 8. The molecule has 1 aliphatic carbocycles. The Hall–Kier alpha value is -2.83. The van der Waals surface area contributed by atoms with Crippen LogP contribution in [0.1, 0.15) is 24.0 Å². The highest BCUT2D eigenvalue weighted by atomic mass is 19.1. The van der Waals surface area contributed by atoms with Gasteiger partial charge < -0.3 is 9.84 Å². The SMILES string of the molecule is O[C@@H]1[C@@H](CN(Cc2ccncc2)Cc2ccncc2)CC[C@H]1Oc1ccc(F)cc1. The van der Waals surface area contributed by atoms with Crippen LogP contribution < -0.4 is 4.74 Å². The molecule has 2 heterocycles. The van der Waals surface area contributed by atoms with Crippen molar-refractivity contribution in [1.29, 1.82) is 0 Å². The van der Waals surface area contributed by atoms with Gasteiger partial charge in [-0.05, 0) is 72.5 Å². The molecular weight excluding hydrogens is 381 g/mol. The maximum atomic E-state index is 13.1. The van der Waals surface area contributed by atoms with E-state index in [1.165, 1.54) is 23.3 Å². The zero-order chi connectivity index (χ0) is 20.8. The van der Waals surface area contributed by atoms with E-state index >= 15 is 0 Å². The van der Waals surface area contributed by atoms with Crippen LogP contribution in [0.2, 0.25) is 0 Å². The second-order valence-corrected chi connectivity index (χ2v) is 7.82. The fourth-order valence-corrected chi connectivity index (χ4v) is 4.05. The van der Waals surface area contributed by atoms with Crippen LogP contribution in [-0.4, -0.2) is 38.7 Å². The van der Waals surface area contributed by atoms with Crippen molar-refractivity contribution in [2.45, 2.75) is 38.1 Å². The Morgan fingerprint density at radius 3 is 2.00 bits per heavy atom. The van der Waals surface area contributed by atoms with E-state index in [4.69, 9.17) is 4.74 Å². The van der Waals surface area contributed by atoms with Gasteiger partial charge in [0, 0.05) is 50.3 Å². The van der Waals surface area contributed by atoms with E-state index in [0.29, 0.717) is 5.75 Å². The van der Waals surface area contributed by atoms with Gasteiger partial charge in [-0.2, -0.15) is 0 Å². The minimum absolute atomic E-state index is 0.110. The van der Waals surface area contributed by atoms with E-state index < -0.39 is 6.10 Å². The molecule has 1 aromatic carbocycles. The van der Waals surface area contributed by atoms with Crippen LogP contribution in [0.3, 0.4) is 0 Å². The first-order valence-electron chi connectivity index (χ1n) is 10.3. The molecule has 2 aromatic heterocycles. The number of aliphatic hydroxyl groups is 1. The van der Waals surface area contributed by atoms with Gasteiger partial charge in [0.1, 0.15) is 17.7 Å². The number of hydrogen-bond acceptors (Lipinski definition) is 5. The van der Waals surface area contributed by atoms with E-state index in [9.17, 15) is 9.50 Å². The Morgan fingerprint density at radius 1 is 0.867 bits per heavy atom. The average Bonchev–Trinajstić information content (AvgIpc) is 3.10. The van der Waals surface area contributed by atoms with E-state index in [1.54, 1.807) is 36.9 Å². The van der Waals surface area contributed by atoms with Crippen molar-refractivity contribution in [2.24, 2.45) is 5.92 Å². The molecule has 1 N–H and O–H groups in total. The molecule has 5 nitrogen and oxygen atoms in total. The van der Waals surface area contributed by atoms with Gasteiger partial charge in [0.15, 0.2) is 0 Å². The van der Waals surface area contributed by atoms with Crippen LogP contribution in [0.15, 0.2) is 73.3 Å². The third-order valence-corrected chi connectivity index (χ3v) is 5.59. The van der Waals surface area contributed by atoms with Crippen molar-refractivity contribution >= 4 is 0 Å². The molecule has 1 saturated carbocycles. The van der Waals surface area contributed by atoms with E-state index in [1.807, 2.05) is 24.3 Å². The van der Waals surface area contributed by atoms with Crippen molar-refractivity contribution in [3.8, 4) is 5.75 Å². The molecule has 30 heavy (non-hydrogen) atoms. The number of halogens is 1. The summed E-state index contributed by atoms with van der Waals surface area (Å²) in [5.74, 6) is 0.403. The van der Waals surface area contributed by atoms with Crippen LogP contribution in [0.5, 0.6) is 5.75 Å². The molecule has 3 aromatic rings. The molecule has 3 atom stereocenters. The molecule has 6 heteroatoms. The zero-order valence-electron chi connectivity index (χ0n) is 16.8. The molecule has 0 bridgehead atoms. The second kappa shape index (κ2) is 9.78. The van der Waals surface area contributed by atoms with Gasteiger partial charge in [-0.15, -0.1) is 0 Å². The molecule has 0 spiro atoms. The fourth-order valence-electron chi connectivity index (χ4n) is 4.05. The standard InChI is InChI=1S/C24H26FN3O2/c25-21-2-4-22(5-3-21)30-23-6-1-20(24(23)29)17-28(15-18-7-11-26-12-8-18)16-19-9-13-27-14-10-19/h2-5,7-14,20,23-24,29H,1,6,15-17H2/t20-,23-,24-/m1/s1. The van der Waals surface area contributed by atoms with Crippen LogP contribution in [0, 0.1) is 11.7 Å². The highest BCUT2D eigenvalue weighted by molar-refractivity contribution is 5.23. The summed E-state index contributed by atoms with van der Waals surface area (Å²) >= 11 is 0. The lowest BCUT2D eigenvalue weighted by Gasteiger charge is -2.28. The third kappa shape index (κ3) is 5.40. The molecule has 156 valence electrons.